The van der Waals surface area contributed by atoms with E-state index in [2.05, 4.69) is 0 Å². The highest BCUT2D eigenvalue weighted by Crippen LogP contribution is 2.49. The summed E-state index contributed by atoms with van der Waals surface area (Å²) in [4.78, 5) is 25.5. The molecule has 4 atom stereocenters. The molecule has 1 heterocycles. The van der Waals surface area contributed by atoms with E-state index in [9.17, 15) is 9.59 Å². The lowest BCUT2D eigenvalue weighted by atomic mass is 9.86. The van der Waals surface area contributed by atoms with Crippen molar-refractivity contribution in [1.29, 1.82) is 0 Å². The Bertz CT molecular complexity index is 347. The van der Waals surface area contributed by atoms with Crippen LogP contribution in [0.3, 0.4) is 0 Å². The number of hydrogen-bond acceptors (Lipinski definition) is 2. The Hall–Kier alpha value is -1.12. The van der Waals surface area contributed by atoms with Crippen LogP contribution in [0.4, 0.5) is 0 Å². The zero-order valence-corrected chi connectivity index (χ0v) is 8.14. The van der Waals surface area contributed by atoms with Crippen molar-refractivity contribution in [3.05, 3.63) is 12.2 Å². The van der Waals surface area contributed by atoms with Crippen molar-refractivity contribution in [2.24, 2.45) is 23.7 Å². The van der Waals surface area contributed by atoms with Crippen LogP contribution in [-0.4, -0.2) is 29.7 Å². The summed E-state index contributed by atoms with van der Waals surface area (Å²) in [5.74, 6) is 0.703. The molecule has 4 unspecified atom stereocenters. The van der Waals surface area contributed by atoms with Crippen molar-refractivity contribution in [2.75, 3.05) is 13.1 Å². The molecule has 74 valence electrons. The van der Waals surface area contributed by atoms with Crippen LogP contribution in [0.5, 0.6) is 0 Å². The molecule has 3 rings (SSSR count). The van der Waals surface area contributed by atoms with Crippen LogP contribution in [-0.2, 0) is 9.59 Å². The minimum absolute atomic E-state index is 0.0163. The fourth-order valence-corrected chi connectivity index (χ4v) is 3.20. The molecule has 3 aliphatic rings. The Morgan fingerprint density at radius 3 is 2.71 bits per heavy atom. The van der Waals surface area contributed by atoms with Crippen LogP contribution in [0.15, 0.2) is 12.2 Å². The third kappa shape index (κ3) is 0.740. The van der Waals surface area contributed by atoms with Crippen LogP contribution >= 0.6 is 0 Å². The van der Waals surface area contributed by atoms with Gasteiger partial charge in [0.1, 0.15) is 5.78 Å². The number of amides is 1. The SMILES string of the molecule is CCN1CC2C3C=CC(C3=O)C2C1=O. The largest absolute Gasteiger partial charge is 0.342 e. The molecule has 3 heteroatoms. The Labute approximate surface area is 82.8 Å². The Kier molecular flexibility index (Phi) is 1.45. The van der Waals surface area contributed by atoms with Gasteiger partial charge in [-0.15, -0.1) is 0 Å². The van der Waals surface area contributed by atoms with E-state index in [-0.39, 0.29) is 35.4 Å². The monoisotopic (exact) mass is 191 g/mol. The maximum atomic E-state index is 11.9. The zero-order valence-electron chi connectivity index (χ0n) is 8.14. The summed E-state index contributed by atoms with van der Waals surface area (Å²) >= 11 is 0. The number of allylic oxidation sites excluding steroid dienone is 2. The van der Waals surface area contributed by atoms with Gasteiger partial charge in [-0.2, -0.15) is 0 Å². The van der Waals surface area contributed by atoms with Crippen molar-refractivity contribution < 1.29 is 9.59 Å². The molecule has 0 aromatic rings. The molecule has 0 aromatic carbocycles. The van der Waals surface area contributed by atoms with Crippen LogP contribution in [0.1, 0.15) is 6.92 Å². The van der Waals surface area contributed by atoms with Crippen LogP contribution in [0.25, 0.3) is 0 Å². The minimum Gasteiger partial charge on any atom is -0.342 e. The summed E-state index contributed by atoms with van der Waals surface area (Å²) in [6.45, 7) is 3.56. The maximum absolute atomic E-state index is 11.9. The molecular weight excluding hydrogens is 178 g/mol. The number of hydrogen-bond donors (Lipinski definition) is 0. The summed E-state index contributed by atoms with van der Waals surface area (Å²) < 4.78 is 0. The molecule has 0 aromatic heterocycles. The number of rotatable bonds is 1. The molecule has 2 bridgehead atoms. The topological polar surface area (TPSA) is 37.4 Å². The first kappa shape index (κ1) is 8.21. The fraction of sp³-hybridized carbons (Fsp3) is 0.636. The summed E-state index contributed by atoms with van der Waals surface area (Å²) in [6.07, 6.45) is 3.94. The lowest BCUT2D eigenvalue weighted by Crippen LogP contribution is -2.30. The fourth-order valence-electron chi connectivity index (χ4n) is 3.20. The van der Waals surface area contributed by atoms with Gasteiger partial charge in [0.15, 0.2) is 0 Å². The van der Waals surface area contributed by atoms with Gasteiger partial charge in [-0.25, -0.2) is 0 Å². The van der Waals surface area contributed by atoms with Crippen LogP contribution in [0.2, 0.25) is 0 Å². The van der Waals surface area contributed by atoms with Crippen molar-refractivity contribution in [1.82, 2.24) is 4.90 Å². The summed E-state index contributed by atoms with van der Waals surface area (Å²) in [7, 11) is 0. The molecule has 0 spiro atoms. The predicted octanol–water partition coefficient (Wildman–Crippen LogP) is 0.466. The second-order valence-electron chi connectivity index (χ2n) is 4.41. The van der Waals surface area contributed by atoms with Gasteiger partial charge in [-0.1, -0.05) is 12.2 Å². The standard InChI is InChI=1S/C11H13NO2/c1-2-12-5-8-6-3-4-7(10(6)13)9(8)11(12)14/h3-4,6-9H,2,5H2,1H3. The number of ketones is 1. The molecule has 2 aliphatic carbocycles. The maximum Gasteiger partial charge on any atom is 0.227 e. The van der Waals surface area contributed by atoms with Gasteiger partial charge in [-0.05, 0) is 6.92 Å². The third-order valence-electron chi connectivity index (χ3n) is 3.90. The summed E-state index contributed by atoms with van der Waals surface area (Å²) in [5, 5.41) is 0. The quantitative estimate of drug-likeness (QED) is 0.565. The van der Waals surface area contributed by atoms with Crippen molar-refractivity contribution in [3.63, 3.8) is 0 Å². The molecule has 0 N–H and O–H groups in total. The lowest BCUT2D eigenvalue weighted by molar-refractivity contribution is -0.133. The van der Waals surface area contributed by atoms with Crippen LogP contribution < -0.4 is 0 Å². The number of fused-ring (bicyclic) bond motifs is 5. The van der Waals surface area contributed by atoms with Gasteiger partial charge in [0.2, 0.25) is 5.91 Å². The lowest BCUT2D eigenvalue weighted by Gasteiger charge is -2.15. The first-order valence-corrected chi connectivity index (χ1v) is 5.25. The third-order valence-corrected chi connectivity index (χ3v) is 3.90. The molecule has 1 saturated heterocycles. The van der Waals surface area contributed by atoms with E-state index in [0.29, 0.717) is 0 Å². The highest BCUT2D eigenvalue weighted by molar-refractivity contribution is 6.00. The van der Waals surface area contributed by atoms with E-state index < -0.39 is 0 Å². The van der Waals surface area contributed by atoms with Gasteiger partial charge >= 0.3 is 0 Å². The van der Waals surface area contributed by atoms with Gasteiger partial charge in [0, 0.05) is 30.8 Å². The summed E-state index contributed by atoms with van der Waals surface area (Å²) in [6, 6.07) is 0. The van der Waals surface area contributed by atoms with E-state index in [0.717, 1.165) is 13.1 Å². The van der Waals surface area contributed by atoms with Gasteiger partial charge in [-0.3, -0.25) is 9.59 Å². The number of nitrogens with zero attached hydrogens (tertiary/aromatic N) is 1. The van der Waals surface area contributed by atoms with E-state index >= 15 is 0 Å². The van der Waals surface area contributed by atoms with E-state index in [1.54, 1.807) is 0 Å². The Balaban J connectivity index is 1.97. The molecule has 3 nitrogen and oxygen atoms in total. The number of carbonyl (C=O) groups excluding carboxylic acids is 2. The molecule has 1 aliphatic heterocycles. The van der Waals surface area contributed by atoms with Crippen LogP contribution in [0, 0.1) is 23.7 Å². The highest BCUT2D eigenvalue weighted by Gasteiger charge is 2.58. The second kappa shape index (κ2) is 2.47. The average molecular weight is 191 g/mol. The molecule has 1 amide bonds. The van der Waals surface area contributed by atoms with Gasteiger partial charge in [0.05, 0.1) is 5.92 Å². The smallest absolute Gasteiger partial charge is 0.227 e. The van der Waals surface area contributed by atoms with Gasteiger partial charge < -0.3 is 4.90 Å². The first-order chi connectivity index (χ1) is 6.74. The van der Waals surface area contributed by atoms with Crippen molar-refractivity contribution in [2.45, 2.75) is 6.92 Å². The first-order valence-electron chi connectivity index (χ1n) is 5.25. The number of carbonyl (C=O) groups is 2. The minimum atomic E-state index is -0.0888. The normalized spacial score (nSPS) is 43.9. The predicted molar refractivity (Wildman–Crippen MR) is 50.4 cm³/mol. The van der Waals surface area contributed by atoms with Crippen molar-refractivity contribution >= 4 is 11.7 Å². The summed E-state index contributed by atoms with van der Waals surface area (Å²) in [5.41, 5.74) is 0. The molecular formula is C11H13NO2. The molecule has 0 radical (unpaired) electrons. The highest BCUT2D eigenvalue weighted by atomic mass is 16.2. The molecule has 2 fully saturated rings. The molecule has 1 saturated carbocycles. The van der Waals surface area contributed by atoms with Crippen molar-refractivity contribution in [3.8, 4) is 0 Å². The Morgan fingerprint density at radius 2 is 2.07 bits per heavy atom. The Morgan fingerprint density at radius 1 is 1.36 bits per heavy atom. The number of likely N-dealkylation sites (tertiary alicyclic amines) is 1. The second-order valence-corrected chi connectivity index (χ2v) is 4.41. The van der Waals surface area contributed by atoms with Gasteiger partial charge in [0.25, 0.3) is 0 Å². The van der Waals surface area contributed by atoms with E-state index in [4.69, 9.17) is 0 Å². The molecule has 14 heavy (non-hydrogen) atoms. The van der Waals surface area contributed by atoms with E-state index in [1.165, 1.54) is 0 Å². The van der Waals surface area contributed by atoms with E-state index in [1.807, 2.05) is 24.0 Å². The zero-order chi connectivity index (χ0) is 9.87. The average Bonchev–Trinajstić information content (AvgIpc) is 2.78. The number of Topliss-reactive ketones (excluding diaryl/α,β-unsaturated/α-hetero) is 1.